The summed E-state index contributed by atoms with van der Waals surface area (Å²) in [4.78, 5) is 21.3. The summed E-state index contributed by atoms with van der Waals surface area (Å²) in [7, 11) is 0. The molecular formula is C23H26N2O2S. The Bertz CT molecular complexity index is 893. The largest absolute Gasteiger partial charge is 0.406 e. The minimum absolute atomic E-state index is 0.213. The molecule has 3 rings (SSSR count). The first-order chi connectivity index (χ1) is 13.6. The third kappa shape index (κ3) is 4.56. The number of ether oxygens (including phenoxy) is 1. The van der Waals surface area contributed by atoms with Gasteiger partial charge in [0.15, 0.2) is 0 Å². The topological polar surface area (TPSA) is 52.1 Å². The minimum Gasteiger partial charge on any atom is -0.406 e. The van der Waals surface area contributed by atoms with E-state index in [0.29, 0.717) is 12.1 Å². The summed E-state index contributed by atoms with van der Waals surface area (Å²) in [5.41, 5.74) is 3.25. The molecule has 0 bridgehead atoms. The average molecular weight is 395 g/mol. The molecule has 0 aliphatic carbocycles. The van der Waals surface area contributed by atoms with Crippen LogP contribution < -0.4 is 4.74 Å². The van der Waals surface area contributed by atoms with Crippen molar-refractivity contribution in [2.75, 3.05) is 5.75 Å². The third-order valence-electron chi connectivity index (χ3n) is 5.38. The lowest BCUT2D eigenvalue weighted by Gasteiger charge is -2.37. The highest BCUT2D eigenvalue weighted by Crippen LogP contribution is 2.46. The number of rotatable bonds is 5. The molecule has 2 aromatic rings. The molecule has 0 radical (unpaired) electrons. The Kier molecular flexibility index (Phi) is 6.74. The molecule has 0 spiro atoms. The number of carbonyl (C=O) groups excluding carboxylic acids is 1. The normalized spacial score (nSPS) is 14.5. The second-order valence-corrected chi connectivity index (χ2v) is 8.15. The Morgan fingerprint density at radius 3 is 2.68 bits per heavy atom. The molecular weight excluding hydrogens is 368 g/mol. The number of nitrogens with zero attached hydrogens (tertiary/aromatic N) is 2. The van der Waals surface area contributed by atoms with E-state index < -0.39 is 0 Å². The van der Waals surface area contributed by atoms with Gasteiger partial charge in [-0.25, -0.2) is 9.97 Å². The van der Waals surface area contributed by atoms with Crippen LogP contribution in [-0.2, 0) is 10.2 Å². The van der Waals surface area contributed by atoms with E-state index in [9.17, 15) is 4.79 Å². The second-order valence-electron chi connectivity index (χ2n) is 7.01. The molecule has 0 unspecified atom stereocenters. The molecule has 0 fully saturated rings. The molecule has 0 saturated heterocycles. The fourth-order valence-electron chi connectivity index (χ4n) is 3.56. The van der Waals surface area contributed by atoms with E-state index in [0.717, 1.165) is 24.8 Å². The fourth-order valence-corrected chi connectivity index (χ4v) is 4.87. The van der Waals surface area contributed by atoms with E-state index >= 15 is 0 Å². The van der Waals surface area contributed by atoms with E-state index in [1.807, 2.05) is 18.7 Å². The standard InChI is InChI=1S/C23H26N2O2S/c1-4-7-22(26)27-21-16-24-18(15-25-21)10-8-17-9-11-20-19(14-17)23(5-2,6-3)12-13-28-20/h9,11,14-16H,4-7,12-13H2,1-3H3. The van der Waals surface area contributed by atoms with Gasteiger partial charge in [0.1, 0.15) is 5.69 Å². The van der Waals surface area contributed by atoms with E-state index in [1.54, 1.807) is 0 Å². The van der Waals surface area contributed by atoms with Gasteiger partial charge in [0.2, 0.25) is 5.88 Å². The Hall–Kier alpha value is -2.32. The zero-order chi connectivity index (χ0) is 20.0. The van der Waals surface area contributed by atoms with Crippen molar-refractivity contribution in [2.45, 2.75) is 63.2 Å². The predicted molar refractivity (Wildman–Crippen MR) is 113 cm³/mol. The number of benzene rings is 1. The first-order valence-corrected chi connectivity index (χ1v) is 10.9. The van der Waals surface area contributed by atoms with Crippen LogP contribution in [0.2, 0.25) is 0 Å². The molecule has 146 valence electrons. The first-order valence-electron chi connectivity index (χ1n) is 9.92. The lowest BCUT2D eigenvalue weighted by atomic mass is 9.73. The van der Waals surface area contributed by atoms with Crippen molar-refractivity contribution in [1.82, 2.24) is 9.97 Å². The SMILES string of the molecule is CCCC(=O)Oc1cnc(C#Cc2ccc3c(c2)C(CC)(CC)CCS3)cn1. The van der Waals surface area contributed by atoms with Crippen molar-refractivity contribution in [3.05, 3.63) is 47.4 Å². The van der Waals surface area contributed by atoms with Gasteiger partial charge in [0, 0.05) is 16.9 Å². The van der Waals surface area contributed by atoms with Crippen LogP contribution in [0.3, 0.4) is 0 Å². The van der Waals surface area contributed by atoms with Crippen molar-refractivity contribution in [1.29, 1.82) is 0 Å². The maximum Gasteiger partial charge on any atom is 0.312 e. The van der Waals surface area contributed by atoms with E-state index in [2.05, 4.69) is 53.9 Å². The Balaban J connectivity index is 1.78. The van der Waals surface area contributed by atoms with E-state index in [4.69, 9.17) is 4.74 Å². The lowest BCUT2D eigenvalue weighted by Crippen LogP contribution is -2.28. The molecule has 1 aromatic carbocycles. The monoisotopic (exact) mass is 394 g/mol. The van der Waals surface area contributed by atoms with Gasteiger partial charge in [-0.1, -0.05) is 26.7 Å². The van der Waals surface area contributed by atoms with Crippen LogP contribution >= 0.6 is 11.8 Å². The van der Waals surface area contributed by atoms with Crippen LogP contribution in [0, 0.1) is 11.8 Å². The Morgan fingerprint density at radius 1 is 1.18 bits per heavy atom. The average Bonchev–Trinajstić information content (AvgIpc) is 2.73. The summed E-state index contributed by atoms with van der Waals surface area (Å²) in [6.45, 7) is 6.49. The van der Waals surface area contributed by atoms with Crippen LogP contribution in [0.15, 0.2) is 35.5 Å². The second kappa shape index (κ2) is 9.25. The summed E-state index contributed by atoms with van der Waals surface area (Å²) >= 11 is 1.94. The van der Waals surface area contributed by atoms with Crippen molar-refractivity contribution in [3.63, 3.8) is 0 Å². The van der Waals surface area contributed by atoms with Crippen molar-refractivity contribution < 1.29 is 9.53 Å². The first kappa shape index (κ1) is 20.4. The van der Waals surface area contributed by atoms with Crippen molar-refractivity contribution >= 4 is 17.7 Å². The number of esters is 1. The van der Waals surface area contributed by atoms with Crippen LogP contribution in [0.1, 0.15) is 69.7 Å². The van der Waals surface area contributed by atoms with Gasteiger partial charge < -0.3 is 4.74 Å². The smallest absolute Gasteiger partial charge is 0.312 e. The molecule has 5 heteroatoms. The molecule has 4 nitrogen and oxygen atoms in total. The highest BCUT2D eigenvalue weighted by Gasteiger charge is 2.33. The van der Waals surface area contributed by atoms with Crippen LogP contribution in [0.5, 0.6) is 5.88 Å². The summed E-state index contributed by atoms with van der Waals surface area (Å²) < 4.78 is 5.12. The molecule has 1 aliphatic heterocycles. The van der Waals surface area contributed by atoms with Crippen LogP contribution in [-0.4, -0.2) is 21.7 Å². The Labute approximate surface area is 171 Å². The van der Waals surface area contributed by atoms with Crippen LogP contribution in [0.25, 0.3) is 0 Å². The summed E-state index contributed by atoms with van der Waals surface area (Å²) in [6.07, 6.45) is 7.62. The van der Waals surface area contributed by atoms with Crippen LogP contribution in [0.4, 0.5) is 0 Å². The fraction of sp³-hybridized carbons (Fsp3) is 0.435. The molecule has 0 amide bonds. The molecule has 1 aromatic heterocycles. The van der Waals surface area contributed by atoms with Gasteiger partial charge in [-0.3, -0.25) is 4.79 Å². The summed E-state index contributed by atoms with van der Waals surface area (Å²) in [5.74, 6) is 7.38. The number of aromatic nitrogens is 2. The predicted octanol–water partition coefficient (Wildman–Crippen LogP) is 5.14. The number of fused-ring (bicyclic) bond motifs is 1. The minimum atomic E-state index is -0.294. The van der Waals surface area contributed by atoms with Gasteiger partial charge in [-0.2, -0.15) is 0 Å². The summed E-state index contributed by atoms with van der Waals surface area (Å²) in [6, 6.07) is 6.52. The van der Waals surface area contributed by atoms with Crippen molar-refractivity contribution in [3.8, 4) is 17.7 Å². The number of hydrogen-bond donors (Lipinski definition) is 0. The van der Waals surface area contributed by atoms with Gasteiger partial charge in [-0.15, -0.1) is 11.8 Å². The quantitative estimate of drug-likeness (QED) is 0.519. The van der Waals surface area contributed by atoms with Gasteiger partial charge in [0.25, 0.3) is 0 Å². The zero-order valence-electron chi connectivity index (χ0n) is 16.7. The number of thioether (sulfide) groups is 1. The lowest BCUT2D eigenvalue weighted by molar-refractivity contribution is -0.134. The van der Waals surface area contributed by atoms with Gasteiger partial charge in [-0.05, 0) is 66.5 Å². The third-order valence-corrected chi connectivity index (χ3v) is 6.45. The molecule has 28 heavy (non-hydrogen) atoms. The highest BCUT2D eigenvalue weighted by molar-refractivity contribution is 7.99. The van der Waals surface area contributed by atoms with Gasteiger partial charge in [0.05, 0.1) is 12.4 Å². The summed E-state index contributed by atoms with van der Waals surface area (Å²) in [5, 5.41) is 0. The zero-order valence-corrected chi connectivity index (χ0v) is 17.6. The molecule has 0 atom stereocenters. The van der Waals surface area contributed by atoms with Crippen molar-refractivity contribution in [2.24, 2.45) is 0 Å². The maximum absolute atomic E-state index is 11.5. The number of hydrogen-bond acceptors (Lipinski definition) is 5. The molecule has 2 heterocycles. The molecule has 1 aliphatic rings. The Morgan fingerprint density at radius 2 is 2.00 bits per heavy atom. The van der Waals surface area contributed by atoms with E-state index in [1.165, 1.54) is 35.0 Å². The van der Waals surface area contributed by atoms with Gasteiger partial charge >= 0.3 is 5.97 Å². The molecule has 0 N–H and O–H groups in total. The maximum atomic E-state index is 11.5. The number of carbonyl (C=O) groups is 1. The van der Waals surface area contributed by atoms with E-state index in [-0.39, 0.29) is 17.3 Å². The molecule has 0 saturated carbocycles. The highest BCUT2D eigenvalue weighted by atomic mass is 32.2.